The normalized spacial score (nSPS) is 14.8. The SMILES string of the molecule is O=C1NC(=O)C(=Cc2nn(-c3ccccc3)c3[nH]c4c(=O)c5[nH]c6c(C=C7C(=O)NC(=O)NC7=O)nn(-c7ccccc7)c6[nH]c5c(=O)c4[nH]c23)C(=O)N1. The first-order valence-corrected chi connectivity index (χ1v) is 15.9. The molecule has 2 aliphatic rings. The maximum absolute atomic E-state index is 14.3. The number of aromatic amines is 4. The van der Waals surface area contributed by atoms with Crippen molar-refractivity contribution >= 4 is 92.2 Å². The third-order valence-electron chi connectivity index (χ3n) is 8.67. The number of benzene rings is 3. The van der Waals surface area contributed by atoms with Gasteiger partial charge in [-0.05, 0) is 36.4 Å². The van der Waals surface area contributed by atoms with Crippen LogP contribution in [0.15, 0.2) is 81.4 Å². The molecule has 54 heavy (non-hydrogen) atoms. The van der Waals surface area contributed by atoms with Gasteiger partial charge in [-0.25, -0.2) is 19.0 Å². The number of nitrogens with zero attached hydrogens (tertiary/aromatic N) is 4. The van der Waals surface area contributed by atoms with Crippen molar-refractivity contribution < 1.29 is 28.8 Å². The van der Waals surface area contributed by atoms with Crippen LogP contribution >= 0.6 is 0 Å². The van der Waals surface area contributed by atoms with Crippen LogP contribution in [0, 0.1) is 0 Å². The van der Waals surface area contributed by atoms with E-state index in [1.54, 1.807) is 60.7 Å². The van der Waals surface area contributed by atoms with Gasteiger partial charge < -0.3 is 19.9 Å². The lowest BCUT2D eigenvalue weighted by atomic mass is 10.1. The number of fused-ring (bicyclic) bond motifs is 4. The van der Waals surface area contributed by atoms with Crippen molar-refractivity contribution in [3.8, 4) is 11.4 Å². The van der Waals surface area contributed by atoms with Crippen LogP contribution < -0.4 is 32.1 Å². The van der Waals surface area contributed by atoms with E-state index in [1.807, 2.05) is 21.3 Å². The third-order valence-corrected chi connectivity index (χ3v) is 8.67. The van der Waals surface area contributed by atoms with Gasteiger partial charge in [-0.15, -0.1) is 0 Å². The van der Waals surface area contributed by atoms with Crippen LogP contribution in [-0.2, 0) is 19.2 Å². The second-order valence-electron chi connectivity index (χ2n) is 12.0. The molecular weight excluding hydrogens is 704 g/mol. The molecule has 20 nitrogen and oxygen atoms in total. The molecule has 2 saturated heterocycles. The zero-order chi connectivity index (χ0) is 37.4. The summed E-state index contributed by atoms with van der Waals surface area (Å²) >= 11 is 0. The number of H-pyrrole nitrogens is 4. The number of hydrogen-bond acceptors (Lipinski definition) is 10. The van der Waals surface area contributed by atoms with Gasteiger partial charge in [0.1, 0.15) is 55.6 Å². The molecule has 0 atom stereocenters. The monoisotopic (exact) mass is 724 g/mol. The highest BCUT2D eigenvalue weighted by Gasteiger charge is 2.31. The summed E-state index contributed by atoms with van der Waals surface area (Å²) in [7, 11) is 0. The highest BCUT2D eigenvalue weighted by atomic mass is 16.2. The van der Waals surface area contributed by atoms with Gasteiger partial charge in [0, 0.05) is 0 Å². The zero-order valence-corrected chi connectivity index (χ0v) is 27.0. The number of carbonyl (C=O) groups excluding carboxylic acids is 6. The smallest absolute Gasteiger partial charge is 0.328 e. The van der Waals surface area contributed by atoms with Crippen molar-refractivity contribution in [3.63, 3.8) is 0 Å². The fourth-order valence-corrected chi connectivity index (χ4v) is 6.22. The van der Waals surface area contributed by atoms with Gasteiger partial charge in [0.15, 0.2) is 11.3 Å². The maximum atomic E-state index is 14.3. The molecule has 2 aliphatic heterocycles. The number of para-hydroxylation sites is 2. The Hall–Kier alpha value is -8.42. The molecule has 8 N–H and O–H groups in total. The molecule has 8 amide bonds. The molecule has 0 saturated carbocycles. The quantitative estimate of drug-likeness (QED) is 0.0717. The van der Waals surface area contributed by atoms with Crippen LogP contribution in [0.5, 0.6) is 0 Å². The van der Waals surface area contributed by atoms with Gasteiger partial charge in [0.2, 0.25) is 10.9 Å². The van der Waals surface area contributed by atoms with Crippen LogP contribution in [0.25, 0.3) is 67.9 Å². The van der Waals surface area contributed by atoms with E-state index in [2.05, 4.69) is 30.1 Å². The predicted molar refractivity (Wildman–Crippen MR) is 189 cm³/mol. The summed E-state index contributed by atoms with van der Waals surface area (Å²) in [6.45, 7) is 0. The Labute approximate surface area is 296 Å². The predicted octanol–water partition coefficient (Wildman–Crippen LogP) is 0.765. The van der Waals surface area contributed by atoms with Gasteiger partial charge in [-0.1, -0.05) is 36.4 Å². The van der Waals surface area contributed by atoms with Crippen molar-refractivity contribution in [1.29, 1.82) is 0 Å². The highest BCUT2D eigenvalue weighted by molar-refractivity contribution is 6.32. The minimum absolute atomic E-state index is 0.0110. The number of nitrogens with one attached hydrogen (secondary N) is 8. The summed E-state index contributed by atoms with van der Waals surface area (Å²) in [5.41, 5.74) is -1.39. The number of amides is 8. The average Bonchev–Trinajstić information content (AvgIpc) is 3.70. The molecule has 0 unspecified atom stereocenters. The first-order chi connectivity index (χ1) is 26.0. The fraction of sp³-hybridized carbons (Fsp3) is 0. The van der Waals surface area contributed by atoms with E-state index >= 15 is 0 Å². The Bertz CT molecular complexity index is 2850. The standard InChI is InChI=1S/C34H20N12O8/c47-25-22-24(38-28-20(36-22)18(44-46(28)14-9-5-2-6-10-14)12-16-31(51)41-34(54)42-32(16)52)26(48)21-23(25)37-27-19(35-21)17(43-45(27)13-7-3-1-4-8-13)11-15-29(49)39-33(53)40-30(15)50/h1-12,35-38H,(H2,39,40,49,50,53)(H2,41,42,51,52,54). The largest absolute Gasteiger partial charge is 0.346 e. The second-order valence-corrected chi connectivity index (χ2v) is 12.0. The molecule has 0 spiro atoms. The van der Waals surface area contributed by atoms with E-state index in [0.29, 0.717) is 11.4 Å². The first kappa shape index (κ1) is 31.6. The van der Waals surface area contributed by atoms with E-state index in [4.69, 9.17) is 0 Å². The van der Waals surface area contributed by atoms with Crippen LogP contribution in [0.3, 0.4) is 0 Å². The maximum Gasteiger partial charge on any atom is 0.328 e. The molecule has 4 aromatic heterocycles. The van der Waals surface area contributed by atoms with Crippen molar-refractivity contribution in [3.05, 3.63) is 104 Å². The first-order valence-electron chi connectivity index (χ1n) is 15.9. The summed E-state index contributed by atoms with van der Waals surface area (Å²) in [5.74, 6) is -3.87. The number of urea groups is 2. The van der Waals surface area contributed by atoms with E-state index in [0.717, 1.165) is 12.2 Å². The minimum Gasteiger partial charge on any atom is -0.346 e. The van der Waals surface area contributed by atoms with Crippen LogP contribution in [0.4, 0.5) is 9.59 Å². The van der Waals surface area contributed by atoms with Crippen molar-refractivity contribution in [2.24, 2.45) is 0 Å². The summed E-state index contributed by atoms with van der Waals surface area (Å²) in [4.78, 5) is 114. The van der Waals surface area contributed by atoms with Crippen LogP contribution in [0.1, 0.15) is 11.4 Å². The van der Waals surface area contributed by atoms with E-state index in [9.17, 15) is 38.4 Å². The van der Waals surface area contributed by atoms with Crippen molar-refractivity contribution in [2.75, 3.05) is 0 Å². The number of rotatable bonds is 4. The molecule has 20 heteroatoms. The van der Waals surface area contributed by atoms with Gasteiger partial charge in [0.05, 0.1) is 11.4 Å². The zero-order valence-electron chi connectivity index (χ0n) is 27.0. The van der Waals surface area contributed by atoms with Gasteiger partial charge in [0.25, 0.3) is 23.6 Å². The Morgan fingerprint density at radius 1 is 0.426 bits per heavy atom. The summed E-state index contributed by atoms with van der Waals surface area (Å²) in [6, 6.07) is 15.3. The van der Waals surface area contributed by atoms with E-state index in [1.165, 1.54) is 9.36 Å². The van der Waals surface area contributed by atoms with Gasteiger partial charge >= 0.3 is 12.1 Å². The Kier molecular flexibility index (Phi) is 6.75. The Balaban J connectivity index is 1.33. The molecule has 0 radical (unpaired) electrons. The Morgan fingerprint density at radius 2 is 0.759 bits per heavy atom. The highest BCUT2D eigenvalue weighted by Crippen LogP contribution is 2.26. The Morgan fingerprint density at radius 3 is 1.11 bits per heavy atom. The summed E-state index contributed by atoms with van der Waals surface area (Å²) in [5, 5.41) is 17.1. The molecule has 6 heterocycles. The molecule has 2 fully saturated rings. The van der Waals surface area contributed by atoms with Gasteiger partial charge in [-0.3, -0.25) is 50.0 Å². The molecule has 3 aromatic carbocycles. The van der Waals surface area contributed by atoms with E-state index in [-0.39, 0.29) is 55.8 Å². The number of carbonyl (C=O) groups is 6. The molecule has 9 rings (SSSR count). The van der Waals surface area contributed by atoms with Gasteiger partial charge in [-0.2, -0.15) is 10.2 Å². The lowest BCUT2D eigenvalue weighted by Gasteiger charge is -2.13. The summed E-state index contributed by atoms with van der Waals surface area (Å²) < 4.78 is 2.79. The third kappa shape index (κ3) is 4.85. The number of hydrogen-bond donors (Lipinski definition) is 8. The summed E-state index contributed by atoms with van der Waals surface area (Å²) in [6.07, 6.45) is 2.28. The minimum atomic E-state index is -0.987. The van der Waals surface area contributed by atoms with Crippen molar-refractivity contribution in [1.82, 2.24) is 60.8 Å². The molecule has 0 bridgehead atoms. The topological polar surface area (TPSA) is 283 Å². The lowest BCUT2D eigenvalue weighted by Crippen LogP contribution is -2.51. The molecule has 264 valence electrons. The van der Waals surface area contributed by atoms with Crippen LogP contribution in [0.2, 0.25) is 0 Å². The number of aromatic nitrogens is 8. The number of barbiturate groups is 2. The molecular formula is C34H20N12O8. The lowest BCUT2D eigenvalue weighted by molar-refractivity contribution is -0.125. The van der Waals surface area contributed by atoms with Crippen molar-refractivity contribution in [2.45, 2.75) is 0 Å². The van der Waals surface area contributed by atoms with E-state index < -0.39 is 57.7 Å². The average molecular weight is 725 g/mol. The van der Waals surface area contributed by atoms with Crippen LogP contribution in [-0.4, -0.2) is 75.2 Å². The number of imide groups is 4. The fourth-order valence-electron chi connectivity index (χ4n) is 6.22. The second kappa shape index (κ2) is 11.6. The molecule has 0 aliphatic carbocycles. The molecule has 7 aromatic rings.